The molecule has 0 spiro atoms. The molecular formula is C15H15NO3. The van der Waals surface area contributed by atoms with Crippen LogP contribution in [0.4, 0.5) is 4.79 Å². The summed E-state index contributed by atoms with van der Waals surface area (Å²) in [4.78, 5) is 10.5. The van der Waals surface area contributed by atoms with E-state index in [-0.39, 0.29) is 12.1 Å². The highest BCUT2D eigenvalue weighted by Crippen LogP contribution is 2.28. The highest BCUT2D eigenvalue weighted by atomic mass is 16.5. The normalized spacial score (nSPS) is 21.7. The maximum Gasteiger partial charge on any atom is 0.404 e. The first-order valence-corrected chi connectivity index (χ1v) is 6.35. The Morgan fingerprint density at radius 3 is 2.63 bits per heavy atom. The molecule has 0 atom stereocenters. The van der Waals surface area contributed by atoms with Gasteiger partial charge in [-0.2, -0.15) is 0 Å². The van der Waals surface area contributed by atoms with Gasteiger partial charge in [0.1, 0.15) is 11.9 Å². The molecule has 0 aliphatic heterocycles. The fourth-order valence-corrected chi connectivity index (χ4v) is 2.39. The van der Waals surface area contributed by atoms with E-state index in [2.05, 4.69) is 17.4 Å². The van der Waals surface area contributed by atoms with E-state index in [1.807, 2.05) is 30.3 Å². The van der Waals surface area contributed by atoms with Gasteiger partial charge in [-0.05, 0) is 22.9 Å². The van der Waals surface area contributed by atoms with Crippen molar-refractivity contribution in [2.75, 3.05) is 0 Å². The fraction of sp³-hybridized carbons (Fsp3) is 0.267. The highest BCUT2D eigenvalue weighted by Gasteiger charge is 2.31. The summed E-state index contributed by atoms with van der Waals surface area (Å²) in [6.07, 6.45) is 0.616. The quantitative estimate of drug-likeness (QED) is 0.888. The minimum Gasteiger partial charge on any atom is -0.490 e. The molecule has 0 saturated heterocycles. The van der Waals surface area contributed by atoms with Crippen LogP contribution in [0.2, 0.25) is 0 Å². The lowest BCUT2D eigenvalue weighted by Crippen LogP contribution is -2.48. The van der Waals surface area contributed by atoms with Crippen LogP contribution < -0.4 is 10.1 Å². The number of nitrogens with one attached hydrogen (secondary N) is 1. The summed E-state index contributed by atoms with van der Waals surface area (Å²) in [5, 5.41) is 13.4. The van der Waals surface area contributed by atoms with Crippen molar-refractivity contribution in [3.63, 3.8) is 0 Å². The lowest BCUT2D eigenvalue weighted by Gasteiger charge is -2.35. The van der Waals surface area contributed by atoms with Gasteiger partial charge in [0.05, 0.1) is 0 Å². The predicted octanol–water partition coefficient (Wildman–Crippen LogP) is 3.02. The van der Waals surface area contributed by atoms with Crippen LogP contribution in [-0.2, 0) is 0 Å². The van der Waals surface area contributed by atoms with E-state index in [9.17, 15) is 4.79 Å². The number of hydrogen-bond donors (Lipinski definition) is 2. The summed E-state index contributed by atoms with van der Waals surface area (Å²) in [7, 11) is 0. The first-order chi connectivity index (χ1) is 9.20. The molecule has 2 aromatic rings. The van der Waals surface area contributed by atoms with Gasteiger partial charge in [0.2, 0.25) is 0 Å². The molecular weight excluding hydrogens is 242 g/mol. The molecule has 1 fully saturated rings. The number of benzene rings is 2. The Morgan fingerprint density at radius 2 is 1.89 bits per heavy atom. The van der Waals surface area contributed by atoms with Gasteiger partial charge in [0.15, 0.2) is 0 Å². The highest BCUT2D eigenvalue weighted by molar-refractivity contribution is 5.83. The molecule has 4 nitrogen and oxygen atoms in total. The molecule has 0 bridgehead atoms. The van der Waals surface area contributed by atoms with Crippen molar-refractivity contribution in [2.24, 2.45) is 0 Å². The molecule has 1 amide bonds. The van der Waals surface area contributed by atoms with Gasteiger partial charge in [-0.15, -0.1) is 0 Å². The average molecular weight is 257 g/mol. The van der Waals surface area contributed by atoms with Crippen LogP contribution in [0.1, 0.15) is 12.8 Å². The number of ether oxygens (including phenoxy) is 1. The van der Waals surface area contributed by atoms with E-state index >= 15 is 0 Å². The molecule has 0 unspecified atom stereocenters. The second-order valence-electron chi connectivity index (χ2n) is 4.87. The second kappa shape index (κ2) is 4.80. The summed E-state index contributed by atoms with van der Waals surface area (Å²) < 4.78 is 5.84. The number of carboxylic acid groups (broad SMARTS) is 1. The third-order valence-corrected chi connectivity index (χ3v) is 3.45. The van der Waals surface area contributed by atoms with Crippen molar-refractivity contribution in [1.29, 1.82) is 0 Å². The molecule has 1 saturated carbocycles. The zero-order valence-electron chi connectivity index (χ0n) is 10.4. The van der Waals surface area contributed by atoms with Crippen LogP contribution in [0.25, 0.3) is 10.8 Å². The van der Waals surface area contributed by atoms with Crippen molar-refractivity contribution >= 4 is 16.9 Å². The summed E-state index contributed by atoms with van der Waals surface area (Å²) in [5.74, 6) is 0.845. The average Bonchev–Trinajstić information content (AvgIpc) is 2.35. The first kappa shape index (κ1) is 11.8. The van der Waals surface area contributed by atoms with Gasteiger partial charge in [0.25, 0.3) is 0 Å². The minimum atomic E-state index is -0.964. The van der Waals surface area contributed by atoms with E-state index in [4.69, 9.17) is 9.84 Å². The van der Waals surface area contributed by atoms with Crippen LogP contribution in [0.15, 0.2) is 42.5 Å². The van der Waals surface area contributed by atoms with Crippen molar-refractivity contribution in [2.45, 2.75) is 25.0 Å². The van der Waals surface area contributed by atoms with Gasteiger partial charge in [0, 0.05) is 18.9 Å². The third-order valence-electron chi connectivity index (χ3n) is 3.45. The number of hydrogen-bond acceptors (Lipinski definition) is 2. The molecule has 3 rings (SSSR count). The summed E-state index contributed by atoms with van der Waals surface area (Å²) in [6.45, 7) is 0. The zero-order chi connectivity index (χ0) is 13.2. The Labute approximate surface area is 111 Å². The van der Waals surface area contributed by atoms with Gasteiger partial charge < -0.3 is 15.2 Å². The Bertz CT molecular complexity index is 605. The minimum absolute atomic E-state index is 0.0305. The van der Waals surface area contributed by atoms with E-state index < -0.39 is 6.09 Å². The van der Waals surface area contributed by atoms with Gasteiger partial charge in [-0.3, -0.25) is 0 Å². The Morgan fingerprint density at radius 1 is 1.16 bits per heavy atom. The third kappa shape index (κ3) is 2.62. The molecule has 98 valence electrons. The van der Waals surface area contributed by atoms with Crippen LogP contribution in [0.3, 0.4) is 0 Å². The van der Waals surface area contributed by atoms with E-state index in [1.54, 1.807) is 0 Å². The van der Waals surface area contributed by atoms with Crippen LogP contribution in [-0.4, -0.2) is 23.3 Å². The van der Waals surface area contributed by atoms with Crippen molar-refractivity contribution < 1.29 is 14.6 Å². The molecule has 4 heteroatoms. The van der Waals surface area contributed by atoms with E-state index in [0.717, 1.165) is 24.0 Å². The van der Waals surface area contributed by atoms with Crippen molar-refractivity contribution in [1.82, 2.24) is 5.32 Å². The molecule has 19 heavy (non-hydrogen) atoms. The first-order valence-electron chi connectivity index (χ1n) is 6.35. The number of rotatable bonds is 3. The molecule has 2 N–H and O–H groups in total. The van der Waals surface area contributed by atoms with Gasteiger partial charge >= 0.3 is 6.09 Å². The smallest absolute Gasteiger partial charge is 0.404 e. The monoisotopic (exact) mass is 257 g/mol. The summed E-state index contributed by atoms with van der Waals surface area (Å²) in [5.41, 5.74) is 0. The van der Waals surface area contributed by atoms with Gasteiger partial charge in [-0.1, -0.05) is 30.3 Å². The standard InChI is InChI=1S/C15H15NO3/c17-15(18)16-12-8-14(9-12)19-13-6-5-10-3-1-2-4-11(10)7-13/h1-7,12,14,16H,8-9H2,(H,17,18)/t12-,14-. The molecule has 2 aromatic carbocycles. The van der Waals surface area contributed by atoms with Gasteiger partial charge in [-0.25, -0.2) is 4.79 Å². The van der Waals surface area contributed by atoms with E-state index in [0.29, 0.717) is 0 Å². The van der Waals surface area contributed by atoms with E-state index in [1.165, 1.54) is 5.39 Å². The fourth-order valence-electron chi connectivity index (χ4n) is 2.39. The molecule has 0 aromatic heterocycles. The summed E-state index contributed by atoms with van der Waals surface area (Å²) in [6, 6.07) is 14.2. The second-order valence-corrected chi connectivity index (χ2v) is 4.87. The Kier molecular flexibility index (Phi) is 2.99. The van der Waals surface area contributed by atoms with Crippen LogP contribution in [0, 0.1) is 0 Å². The molecule has 1 aliphatic rings. The number of fused-ring (bicyclic) bond motifs is 1. The van der Waals surface area contributed by atoms with Crippen molar-refractivity contribution in [3.8, 4) is 5.75 Å². The summed E-state index contributed by atoms with van der Waals surface area (Å²) >= 11 is 0. The lowest BCUT2D eigenvalue weighted by atomic mass is 9.89. The largest absolute Gasteiger partial charge is 0.490 e. The Balaban J connectivity index is 1.62. The molecule has 1 aliphatic carbocycles. The lowest BCUT2D eigenvalue weighted by molar-refractivity contribution is 0.0835. The number of carbonyl (C=O) groups is 1. The number of amides is 1. The maximum atomic E-state index is 10.5. The molecule has 0 radical (unpaired) electrons. The predicted molar refractivity (Wildman–Crippen MR) is 72.5 cm³/mol. The Hall–Kier alpha value is -2.23. The zero-order valence-corrected chi connectivity index (χ0v) is 10.4. The van der Waals surface area contributed by atoms with Crippen LogP contribution in [0.5, 0.6) is 5.75 Å². The molecule has 0 heterocycles. The SMILES string of the molecule is O=C(O)N[C@H]1C[C@H](Oc2ccc3ccccc3c2)C1. The maximum absolute atomic E-state index is 10.5. The van der Waals surface area contributed by atoms with Crippen LogP contribution >= 0.6 is 0 Å². The topological polar surface area (TPSA) is 58.6 Å². The van der Waals surface area contributed by atoms with Crippen molar-refractivity contribution in [3.05, 3.63) is 42.5 Å².